The van der Waals surface area contributed by atoms with Crippen molar-refractivity contribution < 1.29 is 27.0 Å². The third-order valence-electron chi connectivity index (χ3n) is 1.37. The van der Waals surface area contributed by atoms with Gasteiger partial charge >= 0.3 is 10.4 Å². The summed E-state index contributed by atoms with van der Waals surface area (Å²) >= 11 is 0. The monoisotopic (exact) mass is 250 g/mol. The van der Waals surface area contributed by atoms with Gasteiger partial charge in [-0.3, -0.25) is 9.11 Å². The summed E-state index contributed by atoms with van der Waals surface area (Å²) in [6, 6.07) is 7.61. The van der Waals surface area contributed by atoms with E-state index in [1.54, 1.807) is 7.11 Å². The molecule has 6 nitrogen and oxygen atoms in total. The van der Waals surface area contributed by atoms with Crippen LogP contribution in [0.3, 0.4) is 0 Å². The van der Waals surface area contributed by atoms with E-state index in [2.05, 4.69) is 0 Å². The van der Waals surface area contributed by atoms with Crippen molar-refractivity contribution in [1.29, 1.82) is 0 Å². The van der Waals surface area contributed by atoms with E-state index in [4.69, 9.17) is 27.0 Å². The van der Waals surface area contributed by atoms with Crippen LogP contribution in [0, 0.1) is 0 Å². The van der Waals surface area contributed by atoms with E-state index in [0.29, 0.717) is 6.61 Å². The zero-order chi connectivity index (χ0) is 12.6. The lowest BCUT2D eigenvalue weighted by molar-refractivity contribution is 0.311. The molecule has 7 heteroatoms. The summed E-state index contributed by atoms with van der Waals surface area (Å²) in [4.78, 5) is 0. The van der Waals surface area contributed by atoms with Crippen LogP contribution in [-0.4, -0.2) is 31.2 Å². The molecule has 92 valence electrons. The van der Waals surface area contributed by atoms with Gasteiger partial charge in [-0.25, -0.2) is 0 Å². The highest BCUT2D eigenvalue weighted by Crippen LogP contribution is 2.25. The van der Waals surface area contributed by atoms with Gasteiger partial charge in [0.25, 0.3) is 0 Å². The minimum absolute atomic E-state index is 0.667. The number of methoxy groups -OCH3 is 1. The standard InChI is InChI=1S/C9H12O2.H2O4S/c1-3-11-9-7-5-4-6-8(9)10-2;1-5(2,3)4/h4-7H,3H2,1-2H3;(H2,1,2,3,4). The average molecular weight is 250 g/mol. The van der Waals surface area contributed by atoms with Gasteiger partial charge in [-0.15, -0.1) is 0 Å². The van der Waals surface area contributed by atoms with Gasteiger partial charge in [0.1, 0.15) is 0 Å². The first kappa shape index (κ1) is 14.7. The Labute approximate surface area is 94.4 Å². The number of para-hydroxylation sites is 2. The topological polar surface area (TPSA) is 93.1 Å². The van der Waals surface area contributed by atoms with Gasteiger partial charge in [-0.1, -0.05) is 12.1 Å². The highest BCUT2D eigenvalue weighted by molar-refractivity contribution is 7.79. The molecule has 16 heavy (non-hydrogen) atoms. The Bertz CT molecular complexity index is 392. The molecular formula is C9H14O6S. The number of ether oxygens (including phenoxy) is 2. The lowest BCUT2D eigenvalue weighted by Crippen LogP contribution is -1.94. The van der Waals surface area contributed by atoms with Gasteiger partial charge in [0.15, 0.2) is 11.5 Å². The number of benzene rings is 1. The fourth-order valence-electron chi connectivity index (χ4n) is 0.894. The molecule has 1 aromatic rings. The van der Waals surface area contributed by atoms with Crippen molar-refractivity contribution >= 4 is 10.4 Å². The first-order chi connectivity index (χ1) is 7.38. The van der Waals surface area contributed by atoms with Crippen molar-refractivity contribution in [3.63, 3.8) is 0 Å². The van der Waals surface area contributed by atoms with Gasteiger partial charge in [0, 0.05) is 0 Å². The fourth-order valence-corrected chi connectivity index (χ4v) is 0.894. The Kier molecular flexibility index (Phi) is 6.47. The Morgan fingerprint density at radius 3 is 2.00 bits per heavy atom. The second kappa shape index (κ2) is 7.04. The molecule has 2 N–H and O–H groups in total. The van der Waals surface area contributed by atoms with Gasteiger partial charge in [0.2, 0.25) is 0 Å². The molecule has 0 saturated carbocycles. The van der Waals surface area contributed by atoms with Gasteiger partial charge in [-0.05, 0) is 19.1 Å². The maximum atomic E-state index is 8.74. The van der Waals surface area contributed by atoms with Crippen molar-refractivity contribution in [3.8, 4) is 11.5 Å². The summed E-state index contributed by atoms with van der Waals surface area (Å²) in [5.41, 5.74) is 0. The SMILES string of the molecule is CCOc1ccccc1OC.O=S(=O)(O)O. The van der Waals surface area contributed by atoms with E-state index in [0.717, 1.165) is 11.5 Å². The summed E-state index contributed by atoms with van der Waals surface area (Å²) in [5.74, 6) is 1.59. The van der Waals surface area contributed by atoms with Crippen molar-refractivity contribution in [3.05, 3.63) is 24.3 Å². The predicted molar refractivity (Wildman–Crippen MR) is 58.3 cm³/mol. The van der Waals surface area contributed by atoms with Crippen LogP contribution in [0.15, 0.2) is 24.3 Å². The molecule has 0 bridgehead atoms. The van der Waals surface area contributed by atoms with Crippen molar-refractivity contribution in [1.82, 2.24) is 0 Å². The minimum Gasteiger partial charge on any atom is -0.493 e. The average Bonchev–Trinajstić information content (AvgIpc) is 2.16. The van der Waals surface area contributed by atoms with Crippen LogP contribution in [0.2, 0.25) is 0 Å². The Morgan fingerprint density at radius 1 is 1.19 bits per heavy atom. The molecule has 1 rings (SSSR count). The van der Waals surface area contributed by atoms with E-state index in [9.17, 15) is 0 Å². The first-order valence-electron chi connectivity index (χ1n) is 4.34. The molecule has 0 radical (unpaired) electrons. The predicted octanol–water partition coefficient (Wildman–Crippen LogP) is 1.44. The van der Waals surface area contributed by atoms with Crippen LogP contribution in [0.1, 0.15) is 6.92 Å². The number of hydrogen-bond acceptors (Lipinski definition) is 4. The highest BCUT2D eigenvalue weighted by Gasteiger charge is 1.99. The smallest absolute Gasteiger partial charge is 0.394 e. The molecule has 0 aliphatic carbocycles. The van der Waals surface area contributed by atoms with Crippen LogP contribution >= 0.6 is 0 Å². The largest absolute Gasteiger partial charge is 0.493 e. The Hall–Kier alpha value is -1.31. The van der Waals surface area contributed by atoms with E-state index in [1.807, 2.05) is 31.2 Å². The van der Waals surface area contributed by atoms with Crippen molar-refractivity contribution in [2.75, 3.05) is 13.7 Å². The van der Waals surface area contributed by atoms with Gasteiger partial charge in [-0.2, -0.15) is 8.42 Å². The van der Waals surface area contributed by atoms with Crippen LogP contribution in [0.5, 0.6) is 11.5 Å². The maximum Gasteiger partial charge on any atom is 0.394 e. The molecule has 0 aliphatic rings. The fraction of sp³-hybridized carbons (Fsp3) is 0.333. The number of rotatable bonds is 3. The van der Waals surface area contributed by atoms with Gasteiger partial charge in [0.05, 0.1) is 13.7 Å². The lowest BCUT2D eigenvalue weighted by Gasteiger charge is -2.07. The van der Waals surface area contributed by atoms with Crippen LogP contribution in [0.25, 0.3) is 0 Å². The molecule has 0 aromatic heterocycles. The van der Waals surface area contributed by atoms with E-state index >= 15 is 0 Å². The van der Waals surface area contributed by atoms with E-state index in [1.165, 1.54) is 0 Å². The third-order valence-corrected chi connectivity index (χ3v) is 1.37. The van der Waals surface area contributed by atoms with Gasteiger partial charge < -0.3 is 9.47 Å². The summed E-state index contributed by atoms with van der Waals surface area (Å²) in [5, 5.41) is 0. The molecule has 0 fully saturated rings. The normalized spacial score (nSPS) is 10.0. The first-order valence-corrected chi connectivity index (χ1v) is 5.74. The molecule has 0 amide bonds. The molecule has 0 aliphatic heterocycles. The quantitative estimate of drug-likeness (QED) is 0.788. The zero-order valence-electron chi connectivity index (χ0n) is 8.95. The highest BCUT2D eigenvalue weighted by atomic mass is 32.3. The molecular weight excluding hydrogens is 236 g/mol. The summed E-state index contributed by atoms with van der Waals surface area (Å²) in [6.45, 7) is 2.62. The Morgan fingerprint density at radius 2 is 1.62 bits per heavy atom. The molecule has 0 heterocycles. The van der Waals surface area contributed by atoms with Crippen molar-refractivity contribution in [2.24, 2.45) is 0 Å². The second-order valence-corrected chi connectivity index (χ2v) is 3.43. The summed E-state index contributed by atoms with van der Waals surface area (Å²) < 4.78 is 42.0. The van der Waals surface area contributed by atoms with Crippen LogP contribution < -0.4 is 9.47 Å². The lowest BCUT2D eigenvalue weighted by atomic mass is 10.3. The van der Waals surface area contributed by atoms with Crippen LogP contribution in [-0.2, 0) is 10.4 Å². The van der Waals surface area contributed by atoms with Crippen LogP contribution in [0.4, 0.5) is 0 Å². The Balaban J connectivity index is 0.000000385. The molecule has 1 aromatic carbocycles. The second-order valence-electron chi connectivity index (χ2n) is 2.53. The minimum atomic E-state index is -4.67. The summed E-state index contributed by atoms with van der Waals surface area (Å²) in [7, 11) is -3.03. The number of hydrogen-bond donors (Lipinski definition) is 2. The zero-order valence-corrected chi connectivity index (χ0v) is 9.77. The molecule has 0 unspecified atom stereocenters. The summed E-state index contributed by atoms with van der Waals surface area (Å²) in [6.07, 6.45) is 0. The van der Waals surface area contributed by atoms with Crippen molar-refractivity contribution in [2.45, 2.75) is 6.92 Å². The third kappa shape index (κ3) is 8.04. The van der Waals surface area contributed by atoms with E-state index in [-0.39, 0.29) is 0 Å². The molecule has 0 spiro atoms. The maximum absolute atomic E-state index is 8.74. The molecule has 0 saturated heterocycles. The van der Waals surface area contributed by atoms with E-state index < -0.39 is 10.4 Å². The molecule has 0 atom stereocenters.